The molecule has 2 heterocycles. The summed E-state index contributed by atoms with van der Waals surface area (Å²) < 4.78 is 1.64. The molecule has 2 N–H and O–H groups in total. The first-order chi connectivity index (χ1) is 8.83. The third-order valence-electron chi connectivity index (χ3n) is 2.58. The van der Waals surface area contributed by atoms with Gasteiger partial charge in [0, 0.05) is 29.8 Å². The molecule has 0 amide bonds. The minimum atomic E-state index is 0.555. The maximum atomic E-state index is 5.66. The Labute approximate surface area is 104 Å². The normalized spacial score (nSPS) is 10.4. The number of rotatable bonds is 2. The standard InChI is InChI=1S/C13H11N5/c14-12-4-2-10(3-5-12)11-8-17-18(9-11)13-15-6-1-7-16-13/h1-9H,14H2. The lowest BCUT2D eigenvalue weighted by Crippen LogP contribution is -1.99. The van der Waals surface area contributed by atoms with Crippen molar-refractivity contribution in [2.75, 3.05) is 5.73 Å². The Kier molecular flexibility index (Phi) is 2.49. The van der Waals surface area contributed by atoms with Crippen molar-refractivity contribution in [3.05, 3.63) is 55.1 Å². The molecule has 0 atom stereocenters. The van der Waals surface area contributed by atoms with Gasteiger partial charge >= 0.3 is 0 Å². The smallest absolute Gasteiger partial charge is 0.250 e. The van der Waals surface area contributed by atoms with E-state index in [1.54, 1.807) is 29.3 Å². The van der Waals surface area contributed by atoms with Crippen molar-refractivity contribution in [2.24, 2.45) is 0 Å². The molecule has 18 heavy (non-hydrogen) atoms. The average Bonchev–Trinajstić information content (AvgIpc) is 2.90. The fourth-order valence-electron chi connectivity index (χ4n) is 1.67. The molecule has 0 radical (unpaired) electrons. The maximum absolute atomic E-state index is 5.66. The molecule has 0 saturated heterocycles. The second-order valence-electron chi connectivity index (χ2n) is 3.84. The Balaban J connectivity index is 1.97. The molecular formula is C13H11N5. The molecule has 0 spiro atoms. The zero-order valence-corrected chi connectivity index (χ0v) is 9.56. The highest BCUT2D eigenvalue weighted by Crippen LogP contribution is 2.20. The van der Waals surface area contributed by atoms with E-state index in [1.165, 1.54) is 0 Å². The number of aromatic nitrogens is 4. The van der Waals surface area contributed by atoms with E-state index >= 15 is 0 Å². The van der Waals surface area contributed by atoms with E-state index in [-0.39, 0.29) is 0 Å². The first kappa shape index (κ1) is 10.5. The number of nitrogens with two attached hydrogens (primary N) is 1. The Bertz CT molecular complexity index is 643. The number of hydrogen-bond donors (Lipinski definition) is 1. The molecule has 0 fully saturated rings. The van der Waals surface area contributed by atoms with Crippen LogP contribution in [0.25, 0.3) is 17.1 Å². The molecule has 1 aromatic carbocycles. The lowest BCUT2D eigenvalue weighted by atomic mass is 10.1. The summed E-state index contributed by atoms with van der Waals surface area (Å²) in [4.78, 5) is 8.28. The average molecular weight is 237 g/mol. The van der Waals surface area contributed by atoms with Crippen LogP contribution in [0.1, 0.15) is 0 Å². The summed E-state index contributed by atoms with van der Waals surface area (Å²) >= 11 is 0. The van der Waals surface area contributed by atoms with Gasteiger partial charge in [0.15, 0.2) is 0 Å². The van der Waals surface area contributed by atoms with Gasteiger partial charge in [-0.15, -0.1) is 0 Å². The molecule has 88 valence electrons. The van der Waals surface area contributed by atoms with Crippen molar-refractivity contribution in [2.45, 2.75) is 0 Å². The van der Waals surface area contributed by atoms with Gasteiger partial charge in [0.2, 0.25) is 5.95 Å². The van der Waals surface area contributed by atoms with Crippen LogP contribution in [-0.4, -0.2) is 19.7 Å². The minimum absolute atomic E-state index is 0.555. The van der Waals surface area contributed by atoms with Gasteiger partial charge in [-0.1, -0.05) is 12.1 Å². The number of anilines is 1. The monoisotopic (exact) mass is 237 g/mol. The molecule has 3 aromatic rings. The van der Waals surface area contributed by atoms with Crippen molar-refractivity contribution < 1.29 is 0 Å². The Hall–Kier alpha value is -2.69. The third kappa shape index (κ3) is 1.93. The topological polar surface area (TPSA) is 69.6 Å². The van der Waals surface area contributed by atoms with Crippen molar-refractivity contribution in [3.8, 4) is 17.1 Å². The summed E-state index contributed by atoms with van der Waals surface area (Å²) in [7, 11) is 0. The van der Waals surface area contributed by atoms with Gasteiger partial charge in [-0.2, -0.15) is 5.10 Å². The highest BCUT2D eigenvalue weighted by molar-refractivity contribution is 5.64. The van der Waals surface area contributed by atoms with E-state index in [2.05, 4.69) is 15.1 Å². The van der Waals surface area contributed by atoms with Crippen LogP contribution in [0.5, 0.6) is 0 Å². The van der Waals surface area contributed by atoms with Crippen LogP contribution in [0, 0.1) is 0 Å². The molecule has 0 bridgehead atoms. The summed E-state index contributed by atoms with van der Waals surface area (Å²) in [5.74, 6) is 0.555. The Morgan fingerprint density at radius 3 is 2.39 bits per heavy atom. The van der Waals surface area contributed by atoms with E-state index in [9.17, 15) is 0 Å². The first-order valence-electron chi connectivity index (χ1n) is 5.51. The van der Waals surface area contributed by atoms with Crippen molar-refractivity contribution >= 4 is 5.69 Å². The van der Waals surface area contributed by atoms with E-state index in [4.69, 9.17) is 5.73 Å². The van der Waals surface area contributed by atoms with E-state index in [0.717, 1.165) is 16.8 Å². The lowest BCUT2D eigenvalue weighted by molar-refractivity contribution is 0.808. The Morgan fingerprint density at radius 2 is 1.67 bits per heavy atom. The van der Waals surface area contributed by atoms with E-state index in [1.807, 2.05) is 30.5 Å². The quantitative estimate of drug-likeness (QED) is 0.691. The second-order valence-corrected chi connectivity index (χ2v) is 3.84. The highest BCUT2D eigenvalue weighted by Gasteiger charge is 2.04. The van der Waals surface area contributed by atoms with Crippen LogP contribution >= 0.6 is 0 Å². The van der Waals surface area contributed by atoms with Gasteiger partial charge in [-0.05, 0) is 23.8 Å². The van der Waals surface area contributed by atoms with Crippen molar-refractivity contribution in [1.29, 1.82) is 0 Å². The zero-order chi connectivity index (χ0) is 12.4. The third-order valence-corrected chi connectivity index (χ3v) is 2.58. The zero-order valence-electron chi connectivity index (χ0n) is 9.56. The molecule has 0 aliphatic carbocycles. The number of nitrogens with zero attached hydrogens (tertiary/aromatic N) is 4. The largest absolute Gasteiger partial charge is 0.399 e. The molecule has 5 heteroatoms. The van der Waals surface area contributed by atoms with Crippen molar-refractivity contribution in [3.63, 3.8) is 0 Å². The number of benzene rings is 1. The highest BCUT2D eigenvalue weighted by atomic mass is 15.3. The van der Waals surface area contributed by atoms with Gasteiger partial charge in [-0.3, -0.25) is 0 Å². The molecule has 0 aliphatic rings. The van der Waals surface area contributed by atoms with Crippen LogP contribution < -0.4 is 5.73 Å². The molecule has 3 rings (SSSR count). The second kappa shape index (κ2) is 4.29. The van der Waals surface area contributed by atoms with Crippen LogP contribution in [0.4, 0.5) is 5.69 Å². The molecule has 0 saturated carbocycles. The lowest BCUT2D eigenvalue weighted by Gasteiger charge is -1.98. The molecule has 0 aliphatic heterocycles. The molecule has 2 aromatic heterocycles. The fraction of sp³-hybridized carbons (Fsp3) is 0. The summed E-state index contributed by atoms with van der Waals surface area (Å²) in [5.41, 5.74) is 8.47. The van der Waals surface area contributed by atoms with Gasteiger partial charge in [0.25, 0.3) is 0 Å². The Morgan fingerprint density at radius 1 is 0.944 bits per heavy atom. The molecular weight excluding hydrogens is 226 g/mol. The summed E-state index contributed by atoms with van der Waals surface area (Å²) in [6.45, 7) is 0. The van der Waals surface area contributed by atoms with Crippen LogP contribution in [0.2, 0.25) is 0 Å². The van der Waals surface area contributed by atoms with Crippen LogP contribution in [0.15, 0.2) is 55.1 Å². The van der Waals surface area contributed by atoms with Crippen molar-refractivity contribution in [1.82, 2.24) is 19.7 Å². The van der Waals surface area contributed by atoms with Gasteiger partial charge < -0.3 is 5.73 Å². The predicted molar refractivity (Wildman–Crippen MR) is 69.0 cm³/mol. The SMILES string of the molecule is Nc1ccc(-c2cnn(-c3ncccn3)c2)cc1. The fourth-order valence-corrected chi connectivity index (χ4v) is 1.67. The summed E-state index contributed by atoms with van der Waals surface area (Å²) in [6, 6.07) is 9.43. The van der Waals surface area contributed by atoms with E-state index in [0.29, 0.717) is 5.95 Å². The van der Waals surface area contributed by atoms with E-state index < -0.39 is 0 Å². The maximum Gasteiger partial charge on any atom is 0.250 e. The summed E-state index contributed by atoms with van der Waals surface area (Å²) in [5, 5.41) is 4.25. The summed E-state index contributed by atoms with van der Waals surface area (Å²) in [6.07, 6.45) is 7.04. The first-order valence-corrected chi connectivity index (χ1v) is 5.51. The van der Waals surface area contributed by atoms with Gasteiger partial charge in [-0.25, -0.2) is 14.6 Å². The number of nitrogen functional groups attached to an aromatic ring is 1. The van der Waals surface area contributed by atoms with Gasteiger partial charge in [0.1, 0.15) is 0 Å². The van der Waals surface area contributed by atoms with Crippen LogP contribution in [-0.2, 0) is 0 Å². The van der Waals surface area contributed by atoms with Gasteiger partial charge in [0.05, 0.1) is 6.20 Å². The molecule has 0 unspecified atom stereocenters. The minimum Gasteiger partial charge on any atom is -0.399 e. The number of hydrogen-bond acceptors (Lipinski definition) is 4. The van der Waals surface area contributed by atoms with Crippen LogP contribution in [0.3, 0.4) is 0 Å². The predicted octanol–water partition coefficient (Wildman–Crippen LogP) is 1.91. The molecule has 5 nitrogen and oxygen atoms in total.